The number of hydrogen-bond acceptors (Lipinski definition) is 4. The van der Waals surface area contributed by atoms with Crippen molar-refractivity contribution in [3.63, 3.8) is 0 Å². The Morgan fingerprint density at radius 3 is 2.63 bits per heavy atom. The molecule has 2 aromatic carbocycles. The Morgan fingerprint density at radius 2 is 1.85 bits per heavy atom. The lowest BCUT2D eigenvalue weighted by atomic mass is 10.1. The van der Waals surface area contributed by atoms with Crippen LogP contribution in [0.3, 0.4) is 0 Å². The van der Waals surface area contributed by atoms with E-state index in [9.17, 15) is 9.59 Å². The lowest BCUT2D eigenvalue weighted by Crippen LogP contribution is -2.32. The van der Waals surface area contributed by atoms with E-state index >= 15 is 0 Å². The molecule has 0 aliphatic carbocycles. The van der Waals surface area contributed by atoms with Gasteiger partial charge in [-0.25, -0.2) is 10.4 Å². The number of pyridine rings is 1. The van der Waals surface area contributed by atoms with Gasteiger partial charge in [-0.05, 0) is 43.2 Å². The first kappa shape index (κ1) is 18.5. The molecule has 7 heteroatoms. The van der Waals surface area contributed by atoms with E-state index in [1.54, 1.807) is 12.1 Å². The van der Waals surface area contributed by atoms with E-state index in [1.165, 1.54) is 6.21 Å². The van der Waals surface area contributed by atoms with Gasteiger partial charge in [-0.2, -0.15) is 5.10 Å². The fourth-order valence-corrected chi connectivity index (χ4v) is 2.66. The highest BCUT2D eigenvalue weighted by molar-refractivity contribution is 6.39. The number of para-hydroxylation sites is 1. The van der Waals surface area contributed by atoms with Crippen molar-refractivity contribution in [2.45, 2.75) is 13.8 Å². The van der Waals surface area contributed by atoms with Crippen molar-refractivity contribution in [1.29, 1.82) is 0 Å². The number of hydrazone groups is 1. The quantitative estimate of drug-likeness (QED) is 0.315. The van der Waals surface area contributed by atoms with E-state index in [0.29, 0.717) is 11.3 Å². The minimum absolute atomic E-state index is 0.260. The molecular formula is C20H17ClN4O2. The number of rotatable bonds is 3. The zero-order valence-electron chi connectivity index (χ0n) is 14.8. The van der Waals surface area contributed by atoms with Crippen LogP contribution in [0, 0.1) is 13.8 Å². The average molecular weight is 381 g/mol. The van der Waals surface area contributed by atoms with Gasteiger partial charge in [-0.15, -0.1) is 0 Å². The second-order valence-corrected chi connectivity index (χ2v) is 6.39. The molecule has 27 heavy (non-hydrogen) atoms. The number of carbonyl (C=O) groups is 2. The number of benzene rings is 2. The minimum atomic E-state index is -0.880. The van der Waals surface area contributed by atoms with Crippen LogP contribution < -0.4 is 10.7 Å². The third kappa shape index (κ3) is 4.48. The van der Waals surface area contributed by atoms with Crippen molar-refractivity contribution in [3.05, 3.63) is 70.4 Å². The Kier molecular flexibility index (Phi) is 5.47. The maximum atomic E-state index is 11.9. The number of aryl methyl sites for hydroxylation is 2. The maximum Gasteiger partial charge on any atom is 0.329 e. The lowest BCUT2D eigenvalue weighted by Gasteiger charge is -2.06. The molecule has 136 valence electrons. The summed E-state index contributed by atoms with van der Waals surface area (Å²) in [6.45, 7) is 3.81. The molecule has 0 spiro atoms. The zero-order chi connectivity index (χ0) is 19.4. The zero-order valence-corrected chi connectivity index (χ0v) is 15.5. The van der Waals surface area contributed by atoms with Crippen LogP contribution in [0.2, 0.25) is 5.15 Å². The number of nitrogens with zero attached hydrogens (tertiary/aromatic N) is 2. The van der Waals surface area contributed by atoms with E-state index in [-0.39, 0.29) is 5.15 Å². The van der Waals surface area contributed by atoms with Gasteiger partial charge >= 0.3 is 11.8 Å². The molecule has 0 saturated carbocycles. The van der Waals surface area contributed by atoms with Crippen LogP contribution in [0.1, 0.15) is 16.7 Å². The van der Waals surface area contributed by atoms with Gasteiger partial charge in [-0.1, -0.05) is 41.9 Å². The van der Waals surface area contributed by atoms with Crippen LogP contribution in [-0.4, -0.2) is 23.0 Å². The summed E-state index contributed by atoms with van der Waals surface area (Å²) in [6, 6.07) is 14.8. The molecule has 2 N–H and O–H groups in total. The van der Waals surface area contributed by atoms with Crippen LogP contribution in [0.25, 0.3) is 10.9 Å². The molecule has 0 saturated heterocycles. The molecule has 0 radical (unpaired) electrons. The number of halogens is 1. The van der Waals surface area contributed by atoms with Gasteiger partial charge in [0.15, 0.2) is 0 Å². The molecule has 1 heterocycles. The summed E-state index contributed by atoms with van der Waals surface area (Å²) in [5.74, 6) is -1.69. The number of carbonyl (C=O) groups excluding carboxylic acids is 2. The summed E-state index contributed by atoms with van der Waals surface area (Å²) in [7, 11) is 0. The summed E-state index contributed by atoms with van der Waals surface area (Å²) >= 11 is 6.16. The van der Waals surface area contributed by atoms with Gasteiger partial charge in [-0.3, -0.25) is 9.59 Å². The Balaban J connectivity index is 1.68. The number of nitrogens with one attached hydrogen (secondary N) is 2. The summed E-state index contributed by atoms with van der Waals surface area (Å²) in [6.07, 6.45) is 1.35. The van der Waals surface area contributed by atoms with Crippen molar-refractivity contribution >= 4 is 46.2 Å². The third-order valence-corrected chi connectivity index (χ3v) is 4.23. The summed E-state index contributed by atoms with van der Waals surface area (Å²) in [5, 5.41) is 7.50. The number of anilines is 1. The van der Waals surface area contributed by atoms with Crippen LogP contribution >= 0.6 is 11.6 Å². The van der Waals surface area contributed by atoms with E-state index in [0.717, 1.165) is 22.0 Å². The first-order valence-electron chi connectivity index (χ1n) is 8.21. The maximum absolute atomic E-state index is 11.9. The van der Waals surface area contributed by atoms with Crippen molar-refractivity contribution in [3.8, 4) is 0 Å². The third-order valence-electron chi connectivity index (χ3n) is 3.92. The lowest BCUT2D eigenvalue weighted by molar-refractivity contribution is -0.136. The number of hydrogen-bond donors (Lipinski definition) is 2. The summed E-state index contributed by atoms with van der Waals surface area (Å²) in [4.78, 5) is 28.2. The van der Waals surface area contributed by atoms with Gasteiger partial charge in [0.05, 0.1) is 11.7 Å². The molecule has 1 aromatic heterocycles. The molecule has 0 aliphatic rings. The molecule has 3 rings (SSSR count). The number of fused-ring (bicyclic) bond motifs is 1. The van der Waals surface area contributed by atoms with Gasteiger partial charge in [0, 0.05) is 16.6 Å². The molecule has 0 atom stereocenters. The molecule has 0 unspecified atom stereocenters. The monoisotopic (exact) mass is 380 g/mol. The van der Waals surface area contributed by atoms with Gasteiger partial charge in [0.25, 0.3) is 0 Å². The molecule has 6 nitrogen and oxygen atoms in total. The molecule has 2 amide bonds. The summed E-state index contributed by atoms with van der Waals surface area (Å²) < 4.78 is 0. The van der Waals surface area contributed by atoms with Crippen molar-refractivity contribution in [2.24, 2.45) is 5.10 Å². The Hall–Kier alpha value is -3.25. The van der Waals surface area contributed by atoms with Crippen LogP contribution in [-0.2, 0) is 9.59 Å². The highest BCUT2D eigenvalue weighted by atomic mass is 35.5. The highest BCUT2D eigenvalue weighted by Crippen LogP contribution is 2.20. The summed E-state index contributed by atoms with van der Waals surface area (Å²) in [5.41, 5.74) is 6.00. The molecular weight excluding hydrogens is 364 g/mol. The normalized spacial score (nSPS) is 10.9. The van der Waals surface area contributed by atoms with Crippen LogP contribution in [0.4, 0.5) is 5.69 Å². The first-order valence-corrected chi connectivity index (χ1v) is 8.59. The predicted octanol–water partition coefficient (Wildman–Crippen LogP) is 3.59. The minimum Gasteiger partial charge on any atom is -0.317 e. The molecule has 0 fully saturated rings. The van der Waals surface area contributed by atoms with Crippen molar-refractivity contribution in [1.82, 2.24) is 10.4 Å². The molecule has 3 aromatic rings. The number of amides is 2. The Labute approximate surface area is 161 Å². The van der Waals surface area contributed by atoms with Gasteiger partial charge < -0.3 is 5.32 Å². The van der Waals surface area contributed by atoms with Crippen molar-refractivity contribution < 1.29 is 9.59 Å². The standard InChI is InChI=1S/C20H17ClN4O2/c1-12-7-8-14-10-15(18(21)23-17(14)9-12)11-22-25-20(27)19(26)24-16-6-4-3-5-13(16)2/h3-11H,1-2H3,(H,24,26)(H,25,27)/b22-11+. The largest absolute Gasteiger partial charge is 0.329 e. The van der Waals surface area contributed by atoms with Gasteiger partial charge in [0.2, 0.25) is 0 Å². The van der Waals surface area contributed by atoms with E-state index in [4.69, 9.17) is 11.6 Å². The fraction of sp³-hybridized carbons (Fsp3) is 0.100. The van der Waals surface area contributed by atoms with Gasteiger partial charge in [0.1, 0.15) is 5.15 Å². The Morgan fingerprint density at radius 1 is 1.07 bits per heavy atom. The highest BCUT2D eigenvalue weighted by Gasteiger charge is 2.13. The molecule has 0 aliphatic heterocycles. The van der Waals surface area contributed by atoms with E-state index in [2.05, 4.69) is 20.8 Å². The first-order chi connectivity index (χ1) is 12.9. The van der Waals surface area contributed by atoms with E-state index in [1.807, 2.05) is 50.2 Å². The van der Waals surface area contributed by atoms with Crippen LogP contribution in [0.5, 0.6) is 0 Å². The Bertz CT molecular complexity index is 1060. The van der Waals surface area contributed by atoms with E-state index < -0.39 is 11.8 Å². The SMILES string of the molecule is Cc1ccc2cc(/C=N/NC(=O)C(=O)Nc3ccccc3C)c(Cl)nc2c1. The average Bonchev–Trinajstić information content (AvgIpc) is 2.64. The number of aromatic nitrogens is 1. The van der Waals surface area contributed by atoms with Crippen LogP contribution in [0.15, 0.2) is 53.6 Å². The fourth-order valence-electron chi connectivity index (χ4n) is 2.46. The molecule has 0 bridgehead atoms. The predicted molar refractivity (Wildman–Crippen MR) is 107 cm³/mol. The second kappa shape index (κ2) is 7.97. The second-order valence-electron chi connectivity index (χ2n) is 6.03. The smallest absolute Gasteiger partial charge is 0.317 e. The van der Waals surface area contributed by atoms with Crippen molar-refractivity contribution in [2.75, 3.05) is 5.32 Å². The topological polar surface area (TPSA) is 83.5 Å².